The molecule has 106 valence electrons. The molecule has 0 fully saturated rings. The standard InChI is InChI=1S/C17H28N2/c1-4-11-18-16(10-7-13(2)3)15-9-8-14-6-5-12-19-17(14)15/h5-6,12-13,15-16,18H,4,7-11H2,1-3H3. The molecule has 0 amide bonds. The number of aromatic nitrogens is 1. The zero-order chi connectivity index (χ0) is 13.7. The van der Waals surface area contributed by atoms with Crippen molar-refractivity contribution < 1.29 is 0 Å². The van der Waals surface area contributed by atoms with E-state index in [1.165, 1.54) is 43.4 Å². The molecule has 2 atom stereocenters. The molecular weight excluding hydrogens is 232 g/mol. The highest BCUT2D eigenvalue weighted by molar-refractivity contribution is 5.29. The Morgan fingerprint density at radius 2 is 2.21 bits per heavy atom. The molecule has 2 nitrogen and oxygen atoms in total. The van der Waals surface area contributed by atoms with E-state index < -0.39 is 0 Å². The largest absolute Gasteiger partial charge is 0.313 e. The highest BCUT2D eigenvalue weighted by Crippen LogP contribution is 2.35. The summed E-state index contributed by atoms with van der Waals surface area (Å²) in [4.78, 5) is 4.66. The van der Waals surface area contributed by atoms with Gasteiger partial charge in [-0.25, -0.2) is 0 Å². The maximum absolute atomic E-state index is 4.66. The van der Waals surface area contributed by atoms with Gasteiger partial charge in [0, 0.05) is 23.9 Å². The van der Waals surface area contributed by atoms with Crippen molar-refractivity contribution in [2.45, 2.75) is 64.8 Å². The van der Waals surface area contributed by atoms with Gasteiger partial charge in [0.15, 0.2) is 0 Å². The van der Waals surface area contributed by atoms with Crippen LogP contribution in [0.25, 0.3) is 0 Å². The Bertz CT molecular complexity index is 387. The highest BCUT2D eigenvalue weighted by Gasteiger charge is 2.30. The molecule has 2 rings (SSSR count). The highest BCUT2D eigenvalue weighted by atomic mass is 14.9. The molecular formula is C17H28N2. The van der Waals surface area contributed by atoms with Crippen LogP contribution in [0.5, 0.6) is 0 Å². The number of hydrogen-bond acceptors (Lipinski definition) is 2. The smallest absolute Gasteiger partial charge is 0.0482 e. The number of rotatable bonds is 7. The number of nitrogens with one attached hydrogen (secondary N) is 1. The molecule has 1 aromatic heterocycles. The Kier molecular flexibility index (Phi) is 5.38. The lowest BCUT2D eigenvalue weighted by Crippen LogP contribution is -2.35. The van der Waals surface area contributed by atoms with Crippen LogP contribution in [-0.2, 0) is 6.42 Å². The van der Waals surface area contributed by atoms with Gasteiger partial charge in [0.2, 0.25) is 0 Å². The normalized spacial score (nSPS) is 19.7. The van der Waals surface area contributed by atoms with Gasteiger partial charge in [0.25, 0.3) is 0 Å². The minimum absolute atomic E-state index is 0.610. The summed E-state index contributed by atoms with van der Waals surface area (Å²) in [5, 5.41) is 3.77. The maximum Gasteiger partial charge on any atom is 0.0482 e. The van der Waals surface area contributed by atoms with Gasteiger partial charge in [-0.3, -0.25) is 4.98 Å². The zero-order valence-electron chi connectivity index (χ0n) is 12.7. The topological polar surface area (TPSA) is 24.9 Å². The first-order valence-electron chi connectivity index (χ1n) is 7.89. The van der Waals surface area contributed by atoms with E-state index >= 15 is 0 Å². The SMILES string of the molecule is CCCNC(CCC(C)C)C1CCc2cccnc21. The average molecular weight is 260 g/mol. The van der Waals surface area contributed by atoms with Crippen molar-refractivity contribution in [3.05, 3.63) is 29.6 Å². The number of fused-ring (bicyclic) bond motifs is 1. The number of aryl methyl sites for hydroxylation is 1. The van der Waals surface area contributed by atoms with Gasteiger partial charge in [-0.15, -0.1) is 0 Å². The van der Waals surface area contributed by atoms with E-state index in [-0.39, 0.29) is 0 Å². The molecule has 1 N–H and O–H groups in total. The molecule has 1 heterocycles. The lowest BCUT2D eigenvalue weighted by molar-refractivity contribution is 0.371. The second kappa shape index (κ2) is 7.04. The summed E-state index contributed by atoms with van der Waals surface area (Å²) in [7, 11) is 0. The molecule has 1 aromatic rings. The molecule has 2 unspecified atom stereocenters. The van der Waals surface area contributed by atoms with E-state index in [4.69, 9.17) is 0 Å². The van der Waals surface area contributed by atoms with Crippen molar-refractivity contribution in [1.29, 1.82) is 0 Å². The Morgan fingerprint density at radius 1 is 1.37 bits per heavy atom. The van der Waals surface area contributed by atoms with Crippen LogP contribution in [0, 0.1) is 5.92 Å². The first kappa shape index (κ1) is 14.5. The molecule has 0 aromatic carbocycles. The Morgan fingerprint density at radius 3 is 2.95 bits per heavy atom. The summed E-state index contributed by atoms with van der Waals surface area (Å²) < 4.78 is 0. The monoisotopic (exact) mass is 260 g/mol. The van der Waals surface area contributed by atoms with Crippen LogP contribution in [0.2, 0.25) is 0 Å². The van der Waals surface area contributed by atoms with Crippen LogP contribution >= 0.6 is 0 Å². The van der Waals surface area contributed by atoms with Gasteiger partial charge in [-0.05, 0) is 56.2 Å². The van der Waals surface area contributed by atoms with Gasteiger partial charge in [-0.1, -0.05) is 26.8 Å². The van der Waals surface area contributed by atoms with Crippen LogP contribution in [0.3, 0.4) is 0 Å². The van der Waals surface area contributed by atoms with Gasteiger partial charge in [-0.2, -0.15) is 0 Å². The summed E-state index contributed by atoms with van der Waals surface area (Å²) in [5.74, 6) is 1.41. The molecule has 2 heteroatoms. The van der Waals surface area contributed by atoms with Crippen LogP contribution < -0.4 is 5.32 Å². The van der Waals surface area contributed by atoms with Crippen LogP contribution in [0.4, 0.5) is 0 Å². The summed E-state index contributed by atoms with van der Waals surface area (Å²) in [5.41, 5.74) is 2.83. The summed E-state index contributed by atoms with van der Waals surface area (Å²) in [6.07, 6.45) is 8.22. The lowest BCUT2D eigenvalue weighted by Gasteiger charge is -2.26. The Balaban J connectivity index is 2.05. The fourth-order valence-corrected chi connectivity index (χ4v) is 3.12. The van der Waals surface area contributed by atoms with Crippen molar-refractivity contribution in [1.82, 2.24) is 10.3 Å². The number of nitrogens with zero attached hydrogens (tertiary/aromatic N) is 1. The van der Waals surface area contributed by atoms with Crippen LogP contribution in [0.1, 0.15) is 63.6 Å². The number of hydrogen-bond donors (Lipinski definition) is 1. The molecule has 0 saturated carbocycles. The first-order chi connectivity index (χ1) is 9.22. The van der Waals surface area contributed by atoms with Gasteiger partial charge in [0.1, 0.15) is 0 Å². The van der Waals surface area contributed by atoms with Crippen LogP contribution in [-0.4, -0.2) is 17.6 Å². The van der Waals surface area contributed by atoms with Crippen molar-refractivity contribution in [2.24, 2.45) is 5.92 Å². The quantitative estimate of drug-likeness (QED) is 0.804. The Labute approximate surface area is 118 Å². The van der Waals surface area contributed by atoms with E-state index in [2.05, 4.69) is 43.2 Å². The van der Waals surface area contributed by atoms with Crippen molar-refractivity contribution in [3.8, 4) is 0 Å². The molecule has 1 aliphatic rings. The van der Waals surface area contributed by atoms with Gasteiger partial charge >= 0.3 is 0 Å². The molecule has 1 aliphatic carbocycles. The fraction of sp³-hybridized carbons (Fsp3) is 0.706. The third-order valence-corrected chi connectivity index (χ3v) is 4.20. The minimum atomic E-state index is 0.610. The third kappa shape index (κ3) is 3.79. The van der Waals surface area contributed by atoms with E-state index in [0.29, 0.717) is 12.0 Å². The summed E-state index contributed by atoms with van der Waals surface area (Å²) in [6, 6.07) is 4.93. The van der Waals surface area contributed by atoms with E-state index in [1.807, 2.05) is 6.20 Å². The minimum Gasteiger partial charge on any atom is -0.313 e. The predicted octanol–water partition coefficient (Wildman–Crippen LogP) is 3.92. The van der Waals surface area contributed by atoms with Crippen molar-refractivity contribution >= 4 is 0 Å². The average Bonchev–Trinajstić information content (AvgIpc) is 2.83. The number of pyridine rings is 1. The summed E-state index contributed by atoms with van der Waals surface area (Å²) >= 11 is 0. The molecule has 0 saturated heterocycles. The summed E-state index contributed by atoms with van der Waals surface area (Å²) in [6.45, 7) is 8.00. The molecule has 0 bridgehead atoms. The van der Waals surface area contributed by atoms with Crippen LogP contribution in [0.15, 0.2) is 18.3 Å². The zero-order valence-corrected chi connectivity index (χ0v) is 12.7. The van der Waals surface area contributed by atoms with Crippen molar-refractivity contribution in [2.75, 3.05) is 6.54 Å². The second-order valence-electron chi connectivity index (χ2n) is 6.22. The van der Waals surface area contributed by atoms with E-state index in [9.17, 15) is 0 Å². The molecule has 0 radical (unpaired) electrons. The molecule has 0 aliphatic heterocycles. The first-order valence-corrected chi connectivity index (χ1v) is 7.89. The Hall–Kier alpha value is -0.890. The van der Waals surface area contributed by atoms with E-state index in [1.54, 1.807) is 0 Å². The second-order valence-corrected chi connectivity index (χ2v) is 6.22. The van der Waals surface area contributed by atoms with E-state index in [0.717, 1.165) is 12.5 Å². The predicted molar refractivity (Wildman–Crippen MR) is 81.5 cm³/mol. The maximum atomic E-state index is 4.66. The molecule has 0 spiro atoms. The van der Waals surface area contributed by atoms with Gasteiger partial charge in [0.05, 0.1) is 0 Å². The van der Waals surface area contributed by atoms with Crippen molar-refractivity contribution in [3.63, 3.8) is 0 Å². The van der Waals surface area contributed by atoms with Gasteiger partial charge < -0.3 is 5.32 Å². The molecule has 19 heavy (non-hydrogen) atoms. The fourth-order valence-electron chi connectivity index (χ4n) is 3.12. The lowest BCUT2D eigenvalue weighted by atomic mass is 9.90. The third-order valence-electron chi connectivity index (χ3n) is 4.20.